The predicted molar refractivity (Wildman–Crippen MR) is 63.3 cm³/mol. The third-order valence-electron chi connectivity index (χ3n) is 2.64. The highest BCUT2D eigenvalue weighted by Gasteiger charge is 2.05. The zero-order valence-electron chi connectivity index (χ0n) is 9.59. The highest BCUT2D eigenvalue weighted by molar-refractivity contribution is 5.36. The Bertz CT molecular complexity index is 456. The Morgan fingerprint density at radius 2 is 1.94 bits per heavy atom. The van der Waals surface area contributed by atoms with E-state index in [0.717, 1.165) is 11.5 Å². The van der Waals surface area contributed by atoms with E-state index in [0.29, 0.717) is 12.5 Å². The minimum atomic E-state index is 0.395. The van der Waals surface area contributed by atoms with E-state index < -0.39 is 0 Å². The molecule has 0 aliphatic carbocycles. The molecule has 0 spiro atoms. The van der Waals surface area contributed by atoms with Gasteiger partial charge in [-0.2, -0.15) is 0 Å². The quantitative estimate of drug-likeness (QED) is 0.851. The maximum Gasteiger partial charge on any atom is 0.151 e. The van der Waals surface area contributed by atoms with Gasteiger partial charge in [0.05, 0.1) is 6.54 Å². The van der Waals surface area contributed by atoms with Gasteiger partial charge in [-0.25, -0.2) is 0 Å². The zero-order valence-corrected chi connectivity index (χ0v) is 9.59. The van der Waals surface area contributed by atoms with E-state index in [1.54, 1.807) is 6.33 Å². The van der Waals surface area contributed by atoms with Gasteiger partial charge in [0.1, 0.15) is 6.33 Å². The normalized spacial score (nSPS) is 11.0. The number of rotatable bonds is 3. The van der Waals surface area contributed by atoms with Crippen molar-refractivity contribution in [2.75, 3.05) is 0 Å². The van der Waals surface area contributed by atoms with E-state index in [1.165, 1.54) is 5.56 Å². The second kappa shape index (κ2) is 4.45. The molecule has 0 aliphatic heterocycles. The first-order valence-electron chi connectivity index (χ1n) is 5.41. The number of nitrogens with zero attached hydrogens (tertiary/aromatic N) is 3. The molecule has 0 atom stereocenters. The minimum Gasteiger partial charge on any atom is -0.324 e. The molecule has 0 radical (unpaired) electrons. The molecule has 16 heavy (non-hydrogen) atoms. The fourth-order valence-corrected chi connectivity index (χ4v) is 1.63. The molecule has 1 aromatic heterocycles. The lowest BCUT2D eigenvalue weighted by molar-refractivity contribution is 0.850. The lowest BCUT2D eigenvalue weighted by atomic mass is 10.0. The third kappa shape index (κ3) is 1.97. The summed E-state index contributed by atoms with van der Waals surface area (Å²) in [6.45, 7) is 4.75. The molecule has 0 saturated heterocycles. The summed E-state index contributed by atoms with van der Waals surface area (Å²) in [4.78, 5) is 0. The molecule has 0 saturated carbocycles. The Morgan fingerprint density at radius 1 is 1.25 bits per heavy atom. The molecule has 0 aliphatic rings. The number of aromatic nitrogens is 3. The van der Waals surface area contributed by atoms with Crippen LogP contribution in [0.15, 0.2) is 30.6 Å². The van der Waals surface area contributed by atoms with Gasteiger partial charge in [0.25, 0.3) is 0 Å². The monoisotopic (exact) mass is 216 g/mol. The molecular formula is C12H16N4. The maximum atomic E-state index is 5.59. The molecule has 1 aromatic carbocycles. The fourth-order valence-electron chi connectivity index (χ4n) is 1.63. The molecule has 2 N–H and O–H groups in total. The molecule has 2 aromatic rings. The van der Waals surface area contributed by atoms with Crippen LogP contribution in [0.4, 0.5) is 0 Å². The van der Waals surface area contributed by atoms with Crippen molar-refractivity contribution in [3.8, 4) is 5.69 Å². The van der Waals surface area contributed by atoms with Gasteiger partial charge in [-0.1, -0.05) is 26.0 Å². The first-order valence-corrected chi connectivity index (χ1v) is 5.41. The molecule has 0 amide bonds. The molecule has 84 valence electrons. The Balaban J connectivity index is 2.35. The van der Waals surface area contributed by atoms with Crippen LogP contribution in [0.25, 0.3) is 5.69 Å². The van der Waals surface area contributed by atoms with Gasteiger partial charge < -0.3 is 5.73 Å². The van der Waals surface area contributed by atoms with E-state index in [2.05, 4.69) is 48.3 Å². The van der Waals surface area contributed by atoms with Crippen LogP contribution < -0.4 is 5.73 Å². The maximum absolute atomic E-state index is 5.59. The van der Waals surface area contributed by atoms with Gasteiger partial charge in [-0.3, -0.25) is 4.57 Å². The molecule has 0 bridgehead atoms. The third-order valence-corrected chi connectivity index (χ3v) is 2.64. The lowest BCUT2D eigenvalue weighted by Crippen LogP contribution is -2.06. The summed E-state index contributed by atoms with van der Waals surface area (Å²) in [5.74, 6) is 1.32. The van der Waals surface area contributed by atoms with Gasteiger partial charge in [0.15, 0.2) is 5.82 Å². The largest absolute Gasteiger partial charge is 0.324 e. The van der Waals surface area contributed by atoms with Crippen molar-refractivity contribution >= 4 is 0 Å². The fraction of sp³-hybridized carbons (Fsp3) is 0.333. The van der Waals surface area contributed by atoms with Crippen molar-refractivity contribution < 1.29 is 0 Å². The van der Waals surface area contributed by atoms with Gasteiger partial charge in [-0.15, -0.1) is 10.2 Å². The van der Waals surface area contributed by atoms with Crippen LogP contribution in [-0.2, 0) is 6.54 Å². The molecule has 2 rings (SSSR count). The summed E-state index contributed by atoms with van der Waals surface area (Å²) >= 11 is 0. The van der Waals surface area contributed by atoms with Crippen LogP contribution >= 0.6 is 0 Å². The number of hydrogen-bond acceptors (Lipinski definition) is 3. The van der Waals surface area contributed by atoms with Crippen molar-refractivity contribution in [2.24, 2.45) is 5.73 Å². The molecule has 0 unspecified atom stereocenters. The van der Waals surface area contributed by atoms with Crippen molar-refractivity contribution in [3.63, 3.8) is 0 Å². The van der Waals surface area contributed by atoms with E-state index in [9.17, 15) is 0 Å². The van der Waals surface area contributed by atoms with Crippen LogP contribution in [0.3, 0.4) is 0 Å². The lowest BCUT2D eigenvalue weighted by Gasteiger charge is -2.08. The van der Waals surface area contributed by atoms with E-state index >= 15 is 0 Å². The second-order valence-electron chi connectivity index (χ2n) is 4.07. The first kappa shape index (κ1) is 10.8. The Labute approximate surface area is 95.1 Å². The van der Waals surface area contributed by atoms with E-state index in [1.807, 2.05) is 4.57 Å². The number of benzene rings is 1. The highest BCUT2D eigenvalue weighted by atomic mass is 15.3. The summed E-state index contributed by atoms with van der Waals surface area (Å²) in [7, 11) is 0. The average molecular weight is 216 g/mol. The van der Waals surface area contributed by atoms with Crippen molar-refractivity contribution in [1.29, 1.82) is 0 Å². The van der Waals surface area contributed by atoms with Crippen LogP contribution in [0.1, 0.15) is 31.2 Å². The summed E-state index contributed by atoms with van der Waals surface area (Å²) < 4.78 is 1.91. The van der Waals surface area contributed by atoms with Gasteiger partial charge in [0, 0.05) is 5.69 Å². The van der Waals surface area contributed by atoms with Gasteiger partial charge >= 0.3 is 0 Å². The average Bonchev–Trinajstić information content (AvgIpc) is 2.77. The molecule has 4 heteroatoms. The molecule has 0 fully saturated rings. The Morgan fingerprint density at radius 3 is 2.50 bits per heavy atom. The summed E-state index contributed by atoms with van der Waals surface area (Å²) in [5, 5.41) is 7.82. The molecule has 1 heterocycles. The van der Waals surface area contributed by atoms with Crippen molar-refractivity contribution in [2.45, 2.75) is 26.3 Å². The predicted octanol–water partition coefficient (Wildman–Crippen LogP) is 1.85. The van der Waals surface area contributed by atoms with Crippen molar-refractivity contribution in [1.82, 2.24) is 14.8 Å². The summed E-state index contributed by atoms with van der Waals surface area (Å²) in [6, 6.07) is 8.39. The number of hydrogen-bond donors (Lipinski definition) is 1. The molecular weight excluding hydrogens is 200 g/mol. The second-order valence-corrected chi connectivity index (χ2v) is 4.07. The Kier molecular flexibility index (Phi) is 3.01. The van der Waals surface area contributed by atoms with Crippen LogP contribution in [0, 0.1) is 0 Å². The topological polar surface area (TPSA) is 56.7 Å². The van der Waals surface area contributed by atoms with E-state index in [-0.39, 0.29) is 0 Å². The zero-order chi connectivity index (χ0) is 11.5. The standard InChI is InChI=1S/C12H16N4/c1-9(2)10-3-5-11(6-4-10)16-8-14-15-12(16)7-13/h3-6,8-9H,7,13H2,1-2H3. The summed E-state index contributed by atoms with van der Waals surface area (Å²) in [6.07, 6.45) is 1.69. The minimum absolute atomic E-state index is 0.395. The first-order chi connectivity index (χ1) is 7.72. The van der Waals surface area contributed by atoms with Gasteiger partial charge in [0.2, 0.25) is 0 Å². The van der Waals surface area contributed by atoms with Crippen LogP contribution in [0.2, 0.25) is 0 Å². The van der Waals surface area contributed by atoms with Crippen LogP contribution in [0.5, 0.6) is 0 Å². The Hall–Kier alpha value is -1.68. The van der Waals surface area contributed by atoms with Crippen LogP contribution in [-0.4, -0.2) is 14.8 Å². The SMILES string of the molecule is CC(C)c1ccc(-n2cnnc2CN)cc1. The highest BCUT2D eigenvalue weighted by Crippen LogP contribution is 2.17. The smallest absolute Gasteiger partial charge is 0.151 e. The number of nitrogens with two attached hydrogens (primary N) is 1. The molecule has 4 nitrogen and oxygen atoms in total. The summed E-state index contributed by atoms with van der Waals surface area (Å²) in [5.41, 5.74) is 7.96. The van der Waals surface area contributed by atoms with E-state index in [4.69, 9.17) is 5.73 Å². The van der Waals surface area contributed by atoms with Gasteiger partial charge in [-0.05, 0) is 23.6 Å². The van der Waals surface area contributed by atoms with Crippen molar-refractivity contribution in [3.05, 3.63) is 42.0 Å².